The number of aryl methyl sites for hydroxylation is 1. The molecule has 2 aliphatic rings. The van der Waals surface area contributed by atoms with Crippen LogP contribution in [0, 0.1) is 0 Å². The van der Waals surface area contributed by atoms with E-state index in [9.17, 15) is 4.79 Å². The van der Waals surface area contributed by atoms with Crippen molar-refractivity contribution >= 4 is 11.6 Å². The molecular formula is C17H24N2O2. The summed E-state index contributed by atoms with van der Waals surface area (Å²) in [5.74, 6) is 0.216. The number of ether oxygens (including phenoxy) is 1. The van der Waals surface area contributed by atoms with Crippen molar-refractivity contribution in [1.29, 1.82) is 0 Å². The highest BCUT2D eigenvalue weighted by atomic mass is 16.5. The molecule has 1 atom stereocenters. The standard InChI is InChI=1S/C17H24N2O2/c1-13-11-19(8-3-9-21-13)12-14-4-6-16-15(10-14)5-7-17(20)18(16)2/h4,6,10,13H,3,5,7-9,11-12H2,1-2H3. The lowest BCUT2D eigenvalue weighted by Crippen LogP contribution is -2.32. The molecule has 3 rings (SSSR count). The Hall–Kier alpha value is -1.39. The zero-order valence-electron chi connectivity index (χ0n) is 13.0. The van der Waals surface area contributed by atoms with Crippen molar-refractivity contribution in [3.63, 3.8) is 0 Å². The van der Waals surface area contributed by atoms with Crippen molar-refractivity contribution in [2.45, 2.75) is 38.8 Å². The van der Waals surface area contributed by atoms with Gasteiger partial charge >= 0.3 is 0 Å². The van der Waals surface area contributed by atoms with Crippen LogP contribution in [0.2, 0.25) is 0 Å². The van der Waals surface area contributed by atoms with Gasteiger partial charge in [-0.25, -0.2) is 0 Å². The second kappa shape index (κ2) is 6.16. The van der Waals surface area contributed by atoms with Crippen molar-refractivity contribution in [1.82, 2.24) is 4.90 Å². The Bertz CT molecular complexity index is 530. The summed E-state index contributed by atoms with van der Waals surface area (Å²) in [5, 5.41) is 0. The third-order valence-corrected chi connectivity index (χ3v) is 4.43. The van der Waals surface area contributed by atoms with E-state index >= 15 is 0 Å². The van der Waals surface area contributed by atoms with Gasteiger partial charge in [-0.2, -0.15) is 0 Å². The van der Waals surface area contributed by atoms with Crippen LogP contribution in [0.25, 0.3) is 0 Å². The van der Waals surface area contributed by atoms with Gasteiger partial charge in [0, 0.05) is 45.4 Å². The van der Waals surface area contributed by atoms with Gasteiger partial charge in [-0.3, -0.25) is 9.69 Å². The van der Waals surface area contributed by atoms with E-state index in [1.165, 1.54) is 11.1 Å². The van der Waals surface area contributed by atoms with Crippen LogP contribution >= 0.6 is 0 Å². The first-order chi connectivity index (χ1) is 10.1. The molecule has 1 aromatic carbocycles. The first-order valence-corrected chi connectivity index (χ1v) is 7.86. The summed E-state index contributed by atoms with van der Waals surface area (Å²) in [5.41, 5.74) is 3.71. The molecule has 2 heterocycles. The van der Waals surface area contributed by atoms with Crippen LogP contribution in [0.15, 0.2) is 18.2 Å². The number of benzene rings is 1. The molecule has 1 aromatic rings. The summed E-state index contributed by atoms with van der Waals surface area (Å²) in [6.45, 7) is 6.08. The lowest BCUT2D eigenvalue weighted by Gasteiger charge is -2.27. The number of hydrogen-bond acceptors (Lipinski definition) is 3. The van der Waals surface area contributed by atoms with Gasteiger partial charge in [0.15, 0.2) is 0 Å². The summed E-state index contributed by atoms with van der Waals surface area (Å²) in [4.78, 5) is 16.0. The minimum Gasteiger partial charge on any atom is -0.377 e. The molecule has 1 saturated heterocycles. The van der Waals surface area contributed by atoms with Crippen LogP contribution in [0.3, 0.4) is 0 Å². The molecule has 0 aromatic heterocycles. The summed E-state index contributed by atoms with van der Waals surface area (Å²) >= 11 is 0. The smallest absolute Gasteiger partial charge is 0.227 e. The van der Waals surface area contributed by atoms with Crippen molar-refractivity contribution < 1.29 is 9.53 Å². The van der Waals surface area contributed by atoms with Crippen molar-refractivity contribution in [2.24, 2.45) is 0 Å². The number of rotatable bonds is 2. The Morgan fingerprint density at radius 2 is 2.19 bits per heavy atom. The Kier molecular flexibility index (Phi) is 4.27. The van der Waals surface area contributed by atoms with Gasteiger partial charge in [0.2, 0.25) is 5.91 Å². The van der Waals surface area contributed by atoms with Gasteiger partial charge in [0.25, 0.3) is 0 Å². The Balaban J connectivity index is 1.73. The maximum absolute atomic E-state index is 11.7. The van der Waals surface area contributed by atoms with Crippen LogP contribution in [0.1, 0.15) is 30.9 Å². The van der Waals surface area contributed by atoms with Crippen molar-refractivity contribution in [3.05, 3.63) is 29.3 Å². The molecule has 4 heteroatoms. The molecule has 1 fully saturated rings. The first kappa shape index (κ1) is 14.5. The zero-order valence-corrected chi connectivity index (χ0v) is 13.0. The molecule has 21 heavy (non-hydrogen) atoms. The maximum atomic E-state index is 11.7. The number of hydrogen-bond donors (Lipinski definition) is 0. The largest absolute Gasteiger partial charge is 0.377 e. The molecule has 0 aliphatic carbocycles. The monoisotopic (exact) mass is 288 g/mol. The van der Waals surface area contributed by atoms with Crippen LogP contribution in [-0.2, 0) is 22.5 Å². The number of nitrogens with zero attached hydrogens (tertiary/aromatic N) is 2. The molecule has 0 N–H and O–H groups in total. The second-order valence-electron chi connectivity index (χ2n) is 6.19. The van der Waals surface area contributed by atoms with Crippen LogP contribution < -0.4 is 4.90 Å². The third-order valence-electron chi connectivity index (χ3n) is 4.43. The molecule has 0 saturated carbocycles. The highest BCUT2D eigenvalue weighted by molar-refractivity contribution is 5.95. The highest BCUT2D eigenvalue weighted by Gasteiger charge is 2.21. The number of carbonyl (C=O) groups excluding carboxylic acids is 1. The topological polar surface area (TPSA) is 32.8 Å². The molecule has 1 amide bonds. The number of anilines is 1. The molecule has 114 valence electrons. The van der Waals surface area contributed by atoms with Gasteiger partial charge in [-0.05, 0) is 37.0 Å². The molecule has 1 unspecified atom stereocenters. The Morgan fingerprint density at radius 1 is 1.33 bits per heavy atom. The first-order valence-electron chi connectivity index (χ1n) is 7.86. The summed E-state index contributed by atoms with van der Waals surface area (Å²) in [7, 11) is 1.87. The number of amides is 1. The predicted molar refractivity (Wildman–Crippen MR) is 83.5 cm³/mol. The fourth-order valence-electron chi connectivity index (χ4n) is 3.29. The van der Waals surface area contributed by atoms with Gasteiger partial charge in [0.05, 0.1) is 6.10 Å². The normalized spacial score (nSPS) is 23.8. The average Bonchev–Trinajstić information content (AvgIpc) is 2.67. The molecule has 4 nitrogen and oxygen atoms in total. The van der Waals surface area contributed by atoms with Gasteiger partial charge in [0.1, 0.15) is 0 Å². The lowest BCUT2D eigenvalue weighted by molar-refractivity contribution is -0.118. The minimum absolute atomic E-state index is 0.216. The van der Waals surface area contributed by atoms with Gasteiger partial charge < -0.3 is 9.64 Å². The van der Waals surface area contributed by atoms with E-state index in [2.05, 4.69) is 30.0 Å². The maximum Gasteiger partial charge on any atom is 0.227 e. The Morgan fingerprint density at radius 3 is 3.05 bits per heavy atom. The van der Waals surface area contributed by atoms with E-state index < -0.39 is 0 Å². The molecule has 0 spiro atoms. The summed E-state index contributed by atoms with van der Waals surface area (Å²) in [6.07, 6.45) is 2.91. The van der Waals surface area contributed by atoms with E-state index in [1.54, 1.807) is 4.90 Å². The zero-order chi connectivity index (χ0) is 14.8. The van der Waals surface area contributed by atoms with E-state index in [4.69, 9.17) is 4.74 Å². The van der Waals surface area contributed by atoms with E-state index in [0.717, 1.165) is 44.8 Å². The quantitative estimate of drug-likeness (QED) is 0.836. The molecule has 0 radical (unpaired) electrons. The summed E-state index contributed by atoms with van der Waals surface area (Å²) < 4.78 is 5.70. The second-order valence-corrected chi connectivity index (χ2v) is 6.19. The van der Waals surface area contributed by atoms with Crippen LogP contribution in [0.5, 0.6) is 0 Å². The lowest BCUT2D eigenvalue weighted by atomic mass is 9.99. The fraction of sp³-hybridized carbons (Fsp3) is 0.588. The van der Waals surface area contributed by atoms with Crippen LogP contribution in [-0.4, -0.2) is 43.7 Å². The van der Waals surface area contributed by atoms with E-state index in [-0.39, 0.29) is 5.91 Å². The fourth-order valence-corrected chi connectivity index (χ4v) is 3.29. The van der Waals surface area contributed by atoms with Crippen molar-refractivity contribution in [2.75, 3.05) is 31.6 Å². The van der Waals surface area contributed by atoms with Gasteiger partial charge in [-0.1, -0.05) is 12.1 Å². The van der Waals surface area contributed by atoms with E-state index in [0.29, 0.717) is 12.5 Å². The molecule has 2 aliphatic heterocycles. The predicted octanol–water partition coefficient (Wildman–Crippen LogP) is 2.21. The van der Waals surface area contributed by atoms with Crippen molar-refractivity contribution in [3.8, 4) is 0 Å². The third kappa shape index (κ3) is 3.27. The highest BCUT2D eigenvalue weighted by Crippen LogP contribution is 2.28. The minimum atomic E-state index is 0.216. The number of carbonyl (C=O) groups is 1. The van der Waals surface area contributed by atoms with E-state index in [1.807, 2.05) is 7.05 Å². The molecule has 0 bridgehead atoms. The summed E-state index contributed by atoms with van der Waals surface area (Å²) in [6, 6.07) is 6.53. The number of fused-ring (bicyclic) bond motifs is 1. The molecular weight excluding hydrogens is 264 g/mol. The van der Waals surface area contributed by atoms with Gasteiger partial charge in [-0.15, -0.1) is 0 Å². The average molecular weight is 288 g/mol. The SMILES string of the molecule is CC1CN(Cc2ccc3c(c2)CCC(=O)N3C)CCCO1. The Labute approximate surface area is 126 Å². The van der Waals surface area contributed by atoms with Crippen LogP contribution in [0.4, 0.5) is 5.69 Å².